The Morgan fingerprint density at radius 1 is 1.00 bits per heavy atom. The summed E-state index contributed by atoms with van der Waals surface area (Å²) in [7, 11) is 0. The molecule has 0 saturated carbocycles. The Hall–Kier alpha value is -3.95. The van der Waals surface area contributed by atoms with Crippen LogP contribution in [0.3, 0.4) is 0 Å². The number of amides is 2. The highest BCUT2D eigenvalue weighted by Gasteiger charge is 2.28. The molecular formula is C22H18F4N4O2. The van der Waals surface area contributed by atoms with Gasteiger partial charge in [0.25, 0.3) is 11.8 Å². The second-order valence-electron chi connectivity index (χ2n) is 6.82. The molecule has 0 radical (unpaired) electrons. The zero-order valence-electron chi connectivity index (χ0n) is 16.8. The van der Waals surface area contributed by atoms with Crippen molar-refractivity contribution in [1.82, 2.24) is 10.3 Å². The standard InChI is InChI=1S/C22H18F4N4O2/c1-13-7-8-14(20(31)28-12-22(24,25)26)10-18(13)30-21(32)17-6-3-9-27-19(17)29-16-5-2-4-15(23)11-16/h2-11H,12H2,1H3,(H,27,29)(H,28,31)(H,30,32). The quantitative estimate of drug-likeness (QED) is 0.475. The van der Waals surface area contributed by atoms with Crippen molar-refractivity contribution < 1.29 is 27.2 Å². The van der Waals surface area contributed by atoms with E-state index in [9.17, 15) is 27.2 Å². The van der Waals surface area contributed by atoms with E-state index in [4.69, 9.17) is 0 Å². The lowest BCUT2D eigenvalue weighted by Crippen LogP contribution is -2.33. The number of alkyl halides is 3. The predicted molar refractivity (Wildman–Crippen MR) is 111 cm³/mol. The van der Waals surface area contributed by atoms with E-state index in [1.807, 2.05) is 0 Å². The van der Waals surface area contributed by atoms with Crippen LogP contribution in [0, 0.1) is 12.7 Å². The number of benzene rings is 2. The maximum atomic E-state index is 13.4. The van der Waals surface area contributed by atoms with Gasteiger partial charge in [-0.3, -0.25) is 9.59 Å². The van der Waals surface area contributed by atoms with Crippen molar-refractivity contribution in [1.29, 1.82) is 0 Å². The largest absolute Gasteiger partial charge is 0.405 e. The third-order valence-corrected chi connectivity index (χ3v) is 4.34. The Morgan fingerprint density at radius 2 is 1.78 bits per heavy atom. The van der Waals surface area contributed by atoms with Gasteiger partial charge in [0.1, 0.15) is 18.2 Å². The van der Waals surface area contributed by atoms with Crippen molar-refractivity contribution in [2.45, 2.75) is 13.1 Å². The van der Waals surface area contributed by atoms with E-state index in [1.54, 1.807) is 24.4 Å². The molecule has 0 spiro atoms. The van der Waals surface area contributed by atoms with Gasteiger partial charge in [0.2, 0.25) is 0 Å². The molecule has 1 aromatic heterocycles. The van der Waals surface area contributed by atoms with E-state index in [0.29, 0.717) is 11.3 Å². The zero-order chi connectivity index (χ0) is 23.3. The minimum absolute atomic E-state index is 0.0422. The van der Waals surface area contributed by atoms with Crippen LogP contribution in [0.5, 0.6) is 0 Å². The topological polar surface area (TPSA) is 83.1 Å². The van der Waals surface area contributed by atoms with Crippen LogP contribution in [-0.4, -0.2) is 29.5 Å². The molecule has 32 heavy (non-hydrogen) atoms. The Labute approximate surface area is 180 Å². The summed E-state index contributed by atoms with van der Waals surface area (Å²) < 4.78 is 50.5. The van der Waals surface area contributed by atoms with Crippen LogP contribution in [0.1, 0.15) is 26.3 Å². The second-order valence-corrected chi connectivity index (χ2v) is 6.82. The van der Waals surface area contributed by atoms with Gasteiger partial charge < -0.3 is 16.0 Å². The highest BCUT2D eigenvalue weighted by atomic mass is 19.4. The summed E-state index contributed by atoms with van der Waals surface area (Å²) in [6.07, 6.45) is -3.09. The summed E-state index contributed by atoms with van der Waals surface area (Å²) in [5.74, 6) is -1.79. The molecular weight excluding hydrogens is 428 g/mol. The first-order valence-electron chi connectivity index (χ1n) is 9.37. The number of hydrogen-bond donors (Lipinski definition) is 3. The van der Waals surface area contributed by atoms with Crippen molar-refractivity contribution >= 4 is 29.0 Å². The molecule has 0 saturated heterocycles. The van der Waals surface area contributed by atoms with Gasteiger partial charge in [-0.15, -0.1) is 0 Å². The molecule has 0 aliphatic heterocycles. The van der Waals surface area contributed by atoms with E-state index in [1.165, 1.54) is 48.7 Å². The van der Waals surface area contributed by atoms with E-state index in [-0.39, 0.29) is 22.6 Å². The minimum atomic E-state index is -4.54. The Morgan fingerprint density at radius 3 is 2.50 bits per heavy atom. The fourth-order valence-corrected chi connectivity index (χ4v) is 2.76. The monoisotopic (exact) mass is 446 g/mol. The van der Waals surface area contributed by atoms with E-state index < -0.39 is 30.4 Å². The molecule has 10 heteroatoms. The fraction of sp³-hybridized carbons (Fsp3) is 0.136. The third kappa shape index (κ3) is 6.03. The Kier molecular flexibility index (Phi) is 6.72. The molecule has 0 bridgehead atoms. The molecule has 0 fully saturated rings. The number of halogens is 4. The molecule has 3 rings (SSSR count). The average Bonchev–Trinajstić information content (AvgIpc) is 2.73. The van der Waals surface area contributed by atoms with Crippen LogP contribution in [0.2, 0.25) is 0 Å². The molecule has 166 valence electrons. The van der Waals surface area contributed by atoms with Gasteiger partial charge in [-0.05, 0) is 55.0 Å². The lowest BCUT2D eigenvalue weighted by Gasteiger charge is -2.14. The van der Waals surface area contributed by atoms with Gasteiger partial charge in [0.15, 0.2) is 0 Å². The summed E-state index contributed by atoms with van der Waals surface area (Å²) >= 11 is 0. The number of aryl methyl sites for hydroxylation is 1. The predicted octanol–water partition coefficient (Wildman–Crippen LogP) is 4.82. The van der Waals surface area contributed by atoms with E-state index in [2.05, 4.69) is 15.6 Å². The number of carbonyl (C=O) groups excluding carboxylic acids is 2. The third-order valence-electron chi connectivity index (χ3n) is 4.34. The number of nitrogens with one attached hydrogen (secondary N) is 3. The number of carbonyl (C=O) groups is 2. The van der Waals surface area contributed by atoms with E-state index in [0.717, 1.165) is 0 Å². The molecule has 0 atom stereocenters. The molecule has 3 aromatic rings. The lowest BCUT2D eigenvalue weighted by molar-refractivity contribution is -0.123. The van der Waals surface area contributed by atoms with Crippen molar-refractivity contribution in [3.63, 3.8) is 0 Å². The number of aromatic nitrogens is 1. The fourth-order valence-electron chi connectivity index (χ4n) is 2.76. The molecule has 2 amide bonds. The van der Waals surface area contributed by atoms with Crippen LogP contribution in [-0.2, 0) is 0 Å². The van der Waals surface area contributed by atoms with Gasteiger partial charge in [-0.1, -0.05) is 12.1 Å². The van der Waals surface area contributed by atoms with Crippen LogP contribution < -0.4 is 16.0 Å². The second kappa shape index (κ2) is 9.46. The van der Waals surface area contributed by atoms with Crippen LogP contribution in [0.25, 0.3) is 0 Å². The minimum Gasteiger partial charge on any atom is -0.343 e. The first-order chi connectivity index (χ1) is 15.1. The average molecular weight is 446 g/mol. The number of rotatable bonds is 6. The van der Waals surface area contributed by atoms with E-state index >= 15 is 0 Å². The Bertz CT molecular complexity index is 1150. The first kappa shape index (κ1) is 22.7. The molecule has 1 heterocycles. The van der Waals surface area contributed by atoms with Gasteiger partial charge in [-0.25, -0.2) is 9.37 Å². The van der Waals surface area contributed by atoms with Crippen molar-refractivity contribution in [2.75, 3.05) is 17.2 Å². The smallest absolute Gasteiger partial charge is 0.343 e. The molecule has 2 aromatic carbocycles. The SMILES string of the molecule is Cc1ccc(C(=O)NCC(F)(F)F)cc1NC(=O)c1cccnc1Nc1cccc(F)c1. The van der Waals surface area contributed by atoms with Crippen LogP contribution in [0.15, 0.2) is 60.8 Å². The summed E-state index contributed by atoms with van der Waals surface area (Å²) in [4.78, 5) is 29.0. The maximum Gasteiger partial charge on any atom is 0.405 e. The van der Waals surface area contributed by atoms with Crippen molar-refractivity contribution in [2.24, 2.45) is 0 Å². The Balaban J connectivity index is 1.80. The van der Waals surface area contributed by atoms with Crippen LogP contribution in [0.4, 0.5) is 34.8 Å². The van der Waals surface area contributed by atoms with Gasteiger partial charge in [0, 0.05) is 23.1 Å². The maximum absolute atomic E-state index is 13.4. The molecule has 0 unspecified atom stereocenters. The number of nitrogens with zero attached hydrogens (tertiary/aromatic N) is 1. The number of hydrogen-bond acceptors (Lipinski definition) is 4. The normalized spacial score (nSPS) is 11.0. The number of pyridine rings is 1. The summed E-state index contributed by atoms with van der Waals surface area (Å²) in [6, 6.07) is 12.8. The molecule has 0 aliphatic carbocycles. The van der Waals surface area contributed by atoms with Crippen molar-refractivity contribution in [3.05, 3.63) is 83.3 Å². The molecule has 6 nitrogen and oxygen atoms in total. The first-order valence-corrected chi connectivity index (χ1v) is 9.37. The number of anilines is 3. The van der Waals surface area contributed by atoms with Crippen molar-refractivity contribution in [3.8, 4) is 0 Å². The summed E-state index contributed by atoms with van der Waals surface area (Å²) in [5, 5.41) is 7.29. The van der Waals surface area contributed by atoms with Crippen LogP contribution >= 0.6 is 0 Å². The molecule has 0 aliphatic rings. The lowest BCUT2D eigenvalue weighted by atomic mass is 10.1. The highest BCUT2D eigenvalue weighted by molar-refractivity contribution is 6.08. The molecule has 3 N–H and O–H groups in total. The zero-order valence-corrected chi connectivity index (χ0v) is 16.8. The van der Waals surface area contributed by atoms with Gasteiger partial charge in [-0.2, -0.15) is 13.2 Å². The van der Waals surface area contributed by atoms with Gasteiger partial charge >= 0.3 is 6.18 Å². The van der Waals surface area contributed by atoms with Gasteiger partial charge in [0.05, 0.1) is 5.56 Å². The highest BCUT2D eigenvalue weighted by Crippen LogP contribution is 2.23. The summed E-state index contributed by atoms with van der Waals surface area (Å²) in [6.45, 7) is 0.203. The summed E-state index contributed by atoms with van der Waals surface area (Å²) in [5.41, 5.74) is 1.32.